The Morgan fingerprint density at radius 3 is 2.75 bits per heavy atom. The Balaban J connectivity index is 2.08. The van der Waals surface area contributed by atoms with Crippen LogP contribution in [0.3, 0.4) is 0 Å². The van der Waals surface area contributed by atoms with Crippen molar-refractivity contribution in [2.75, 3.05) is 10.6 Å². The van der Waals surface area contributed by atoms with Crippen molar-refractivity contribution in [3.8, 4) is 0 Å². The fourth-order valence-corrected chi connectivity index (χ4v) is 2.35. The molecule has 1 heterocycles. The Morgan fingerprint density at radius 2 is 2.10 bits per heavy atom. The highest BCUT2D eigenvalue weighted by Crippen LogP contribution is 2.23. The molecule has 0 radical (unpaired) electrons. The van der Waals surface area contributed by atoms with Crippen LogP contribution in [-0.4, -0.2) is 32.8 Å². The largest absolute Gasteiger partial charge is 0.393 e. The van der Waals surface area contributed by atoms with Gasteiger partial charge in [-0.05, 0) is 46.5 Å². The molecule has 1 aliphatic carbocycles. The number of hydrogen-bond acceptors (Lipinski definition) is 5. The molecule has 6 heteroatoms. The van der Waals surface area contributed by atoms with Crippen LogP contribution in [0.15, 0.2) is 6.20 Å². The van der Waals surface area contributed by atoms with Crippen molar-refractivity contribution in [1.29, 1.82) is 0 Å². The Kier molecular flexibility index (Phi) is 4.42. The first-order valence-corrected chi connectivity index (χ1v) is 7.09. The maximum Gasteiger partial charge on any atom is 0.225 e. The zero-order valence-corrected chi connectivity index (χ0v) is 12.3. The van der Waals surface area contributed by atoms with Crippen LogP contribution in [0.4, 0.5) is 16.2 Å². The second-order valence-electron chi connectivity index (χ2n) is 6.43. The summed E-state index contributed by atoms with van der Waals surface area (Å²) in [6.07, 6.45) is 4.18. The predicted molar refractivity (Wildman–Crippen MR) is 77.3 cm³/mol. The minimum atomic E-state index is -0.468. The SMILES string of the molecule is CC(C)(C)Nc1ncc(F)c(NC2CCCC(O)C2)n1. The number of nitrogens with zero attached hydrogens (tertiary/aromatic N) is 2. The predicted octanol–water partition coefficient (Wildman–Crippen LogP) is 2.54. The lowest BCUT2D eigenvalue weighted by molar-refractivity contribution is 0.124. The van der Waals surface area contributed by atoms with Crippen LogP contribution in [-0.2, 0) is 0 Å². The van der Waals surface area contributed by atoms with Gasteiger partial charge in [0.25, 0.3) is 0 Å². The molecule has 2 unspecified atom stereocenters. The standard InChI is InChI=1S/C14H23FN4O/c1-14(2,3)19-13-16-8-11(15)12(18-13)17-9-5-4-6-10(20)7-9/h8-10,20H,4-7H2,1-3H3,(H2,16,17,18,19). The molecule has 2 atom stereocenters. The summed E-state index contributed by atoms with van der Waals surface area (Å²) in [7, 11) is 0. The molecular weight excluding hydrogens is 259 g/mol. The van der Waals surface area contributed by atoms with Crippen LogP contribution in [0.1, 0.15) is 46.5 Å². The van der Waals surface area contributed by atoms with Gasteiger partial charge in [-0.15, -0.1) is 0 Å². The molecule has 0 spiro atoms. The average molecular weight is 282 g/mol. The Morgan fingerprint density at radius 1 is 1.35 bits per heavy atom. The summed E-state index contributed by atoms with van der Waals surface area (Å²) in [6, 6.07) is 0.0608. The van der Waals surface area contributed by atoms with Crippen molar-refractivity contribution < 1.29 is 9.50 Å². The summed E-state index contributed by atoms with van der Waals surface area (Å²) in [5.74, 6) is 0.133. The van der Waals surface area contributed by atoms with Gasteiger partial charge in [-0.2, -0.15) is 4.98 Å². The number of aromatic nitrogens is 2. The number of anilines is 2. The summed E-state index contributed by atoms with van der Waals surface area (Å²) < 4.78 is 13.8. The van der Waals surface area contributed by atoms with Crippen molar-refractivity contribution in [2.45, 2.75) is 64.1 Å². The number of nitrogens with one attached hydrogen (secondary N) is 2. The van der Waals surface area contributed by atoms with E-state index in [0.29, 0.717) is 12.4 Å². The molecule has 1 fully saturated rings. The van der Waals surface area contributed by atoms with E-state index >= 15 is 0 Å². The van der Waals surface area contributed by atoms with Gasteiger partial charge in [0.05, 0.1) is 12.3 Å². The molecule has 1 aromatic heterocycles. The van der Waals surface area contributed by atoms with E-state index in [1.165, 1.54) is 6.20 Å². The molecule has 3 N–H and O–H groups in total. The highest BCUT2D eigenvalue weighted by molar-refractivity contribution is 5.42. The van der Waals surface area contributed by atoms with Gasteiger partial charge in [0.15, 0.2) is 11.6 Å². The average Bonchev–Trinajstić information content (AvgIpc) is 2.32. The molecule has 2 rings (SSSR count). The minimum Gasteiger partial charge on any atom is -0.393 e. The van der Waals surface area contributed by atoms with Crippen molar-refractivity contribution in [3.05, 3.63) is 12.0 Å². The van der Waals surface area contributed by atoms with Gasteiger partial charge in [-0.25, -0.2) is 9.37 Å². The molecule has 20 heavy (non-hydrogen) atoms. The van der Waals surface area contributed by atoms with E-state index in [2.05, 4.69) is 20.6 Å². The van der Waals surface area contributed by atoms with Crippen LogP contribution in [0.5, 0.6) is 0 Å². The lowest BCUT2D eigenvalue weighted by atomic mass is 9.93. The lowest BCUT2D eigenvalue weighted by Crippen LogP contribution is -2.31. The van der Waals surface area contributed by atoms with Gasteiger partial charge < -0.3 is 15.7 Å². The highest BCUT2D eigenvalue weighted by Gasteiger charge is 2.22. The monoisotopic (exact) mass is 282 g/mol. The van der Waals surface area contributed by atoms with Crippen molar-refractivity contribution in [3.63, 3.8) is 0 Å². The Labute approximate surface area is 119 Å². The third kappa shape index (κ3) is 4.30. The molecule has 0 aliphatic heterocycles. The fourth-order valence-electron chi connectivity index (χ4n) is 2.35. The Bertz CT molecular complexity index is 461. The third-order valence-corrected chi connectivity index (χ3v) is 3.22. The maximum atomic E-state index is 13.8. The molecule has 0 bridgehead atoms. The van der Waals surface area contributed by atoms with Crippen molar-refractivity contribution in [2.24, 2.45) is 0 Å². The van der Waals surface area contributed by atoms with E-state index in [0.717, 1.165) is 19.3 Å². The number of aliphatic hydroxyl groups is 1. The minimum absolute atomic E-state index is 0.0608. The van der Waals surface area contributed by atoms with E-state index < -0.39 is 5.82 Å². The molecule has 1 aliphatic rings. The fraction of sp³-hybridized carbons (Fsp3) is 0.714. The number of halogens is 1. The van der Waals surface area contributed by atoms with Crippen molar-refractivity contribution in [1.82, 2.24) is 9.97 Å². The maximum absolute atomic E-state index is 13.8. The van der Waals surface area contributed by atoms with Crippen molar-refractivity contribution >= 4 is 11.8 Å². The first kappa shape index (κ1) is 15.0. The first-order valence-electron chi connectivity index (χ1n) is 7.09. The molecule has 112 valence electrons. The van der Waals surface area contributed by atoms with Crippen LogP contribution in [0.2, 0.25) is 0 Å². The summed E-state index contributed by atoms with van der Waals surface area (Å²) in [5, 5.41) is 15.9. The third-order valence-electron chi connectivity index (χ3n) is 3.22. The van der Waals surface area contributed by atoms with E-state index in [1.807, 2.05) is 20.8 Å². The van der Waals surface area contributed by atoms with Crippen LogP contribution >= 0.6 is 0 Å². The van der Waals surface area contributed by atoms with E-state index in [-0.39, 0.29) is 23.5 Å². The van der Waals surface area contributed by atoms with Crippen LogP contribution in [0.25, 0.3) is 0 Å². The van der Waals surface area contributed by atoms with Crippen LogP contribution < -0.4 is 10.6 Å². The van der Waals surface area contributed by atoms with Crippen LogP contribution in [0, 0.1) is 5.82 Å². The van der Waals surface area contributed by atoms with Gasteiger partial charge in [0.1, 0.15) is 0 Å². The number of hydrogen-bond donors (Lipinski definition) is 3. The molecule has 5 nitrogen and oxygen atoms in total. The van der Waals surface area contributed by atoms with E-state index in [4.69, 9.17) is 0 Å². The summed E-state index contributed by atoms with van der Waals surface area (Å²) >= 11 is 0. The smallest absolute Gasteiger partial charge is 0.225 e. The summed E-state index contributed by atoms with van der Waals surface area (Å²) in [5.41, 5.74) is -0.184. The van der Waals surface area contributed by atoms with Gasteiger partial charge >= 0.3 is 0 Å². The second kappa shape index (κ2) is 5.91. The number of aliphatic hydroxyl groups excluding tert-OH is 1. The highest BCUT2D eigenvalue weighted by atomic mass is 19.1. The van der Waals surface area contributed by atoms with E-state index in [1.54, 1.807) is 0 Å². The van der Waals surface area contributed by atoms with Gasteiger partial charge in [0.2, 0.25) is 5.95 Å². The van der Waals surface area contributed by atoms with Gasteiger partial charge in [-0.1, -0.05) is 0 Å². The Hall–Kier alpha value is -1.43. The lowest BCUT2D eigenvalue weighted by Gasteiger charge is -2.27. The first-order chi connectivity index (χ1) is 9.33. The molecular formula is C14H23FN4O. The normalized spacial score (nSPS) is 23.4. The quantitative estimate of drug-likeness (QED) is 0.795. The topological polar surface area (TPSA) is 70.1 Å². The molecule has 0 amide bonds. The number of rotatable bonds is 3. The molecule has 1 saturated carbocycles. The summed E-state index contributed by atoms with van der Waals surface area (Å²) in [4.78, 5) is 8.13. The molecule has 0 saturated heterocycles. The zero-order valence-electron chi connectivity index (χ0n) is 12.3. The van der Waals surface area contributed by atoms with E-state index in [9.17, 15) is 9.50 Å². The molecule has 0 aromatic carbocycles. The van der Waals surface area contributed by atoms with Gasteiger partial charge in [0, 0.05) is 11.6 Å². The van der Waals surface area contributed by atoms with Gasteiger partial charge in [-0.3, -0.25) is 0 Å². The zero-order chi connectivity index (χ0) is 14.8. The summed E-state index contributed by atoms with van der Waals surface area (Å²) in [6.45, 7) is 5.97. The molecule has 1 aromatic rings. The second-order valence-corrected chi connectivity index (χ2v) is 6.43.